The van der Waals surface area contributed by atoms with Gasteiger partial charge in [0.2, 0.25) is 0 Å². The van der Waals surface area contributed by atoms with E-state index in [9.17, 15) is 18.4 Å². The molecule has 0 atom stereocenters. The second-order valence-corrected chi connectivity index (χ2v) is 6.98. The molecule has 0 N–H and O–H groups in total. The summed E-state index contributed by atoms with van der Waals surface area (Å²) in [5, 5.41) is 0. The maximum atomic E-state index is 14.5. The highest BCUT2D eigenvalue weighted by Gasteiger charge is 2.20. The molecule has 0 aromatic heterocycles. The van der Waals surface area contributed by atoms with Crippen LogP contribution in [0.1, 0.15) is 54.1 Å². The van der Waals surface area contributed by atoms with Gasteiger partial charge in [-0.2, -0.15) is 0 Å². The van der Waals surface area contributed by atoms with Crippen molar-refractivity contribution in [1.29, 1.82) is 0 Å². The zero-order chi connectivity index (χ0) is 20.6. The van der Waals surface area contributed by atoms with Gasteiger partial charge in [-0.1, -0.05) is 30.3 Å². The van der Waals surface area contributed by atoms with Crippen molar-refractivity contribution >= 4 is 11.6 Å². The van der Waals surface area contributed by atoms with Crippen molar-refractivity contribution in [2.45, 2.75) is 27.7 Å². The molecule has 142 valence electrons. The zero-order valence-corrected chi connectivity index (χ0v) is 16.2. The van der Waals surface area contributed by atoms with Crippen LogP contribution in [0.25, 0.3) is 0 Å². The summed E-state index contributed by atoms with van der Waals surface area (Å²) < 4.78 is 29.0. The summed E-state index contributed by atoms with van der Waals surface area (Å²) >= 11 is 0. The highest BCUT2D eigenvalue weighted by atomic mass is 19.1. The third-order valence-electron chi connectivity index (χ3n) is 5.19. The van der Waals surface area contributed by atoms with Crippen molar-refractivity contribution in [3.8, 4) is 0 Å². The minimum atomic E-state index is -0.568. The van der Waals surface area contributed by atoms with Crippen LogP contribution in [0.2, 0.25) is 0 Å². The molecule has 0 aliphatic rings. The Bertz CT molecular complexity index is 1030. The zero-order valence-electron chi connectivity index (χ0n) is 16.2. The van der Waals surface area contributed by atoms with Gasteiger partial charge in [0.15, 0.2) is 11.6 Å². The largest absolute Gasteiger partial charge is 0.288 e. The fourth-order valence-electron chi connectivity index (χ4n) is 3.03. The van der Waals surface area contributed by atoms with E-state index in [-0.39, 0.29) is 22.3 Å². The third-order valence-corrected chi connectivity index (χ3v) is 5.19. The smallest absolute Gasteiger partial charge is 0.196 e. The standard InChI is InChI=1S/C24H20F2O2/c1-13-8-10-19(21(25)15(13)3)23(27)17-6-5-7-18(12-17)24(28)20-11-9-14(2)16(4)22(20)26/h5-12H,1-4H3. The first-order valence-corrected chi connectivity index (χ1v) is 8.93. The topological polar surface area (TPSA) is 34.1 Å². The number of ketones is 2. The summed E-state index contributed by atoms with van der Waals surface area (Å²) in [7, 11) is 0. The Morgan fingerprint density at radius 2 is 1.04 bits per heavy atom. The van der Waals surface area contributed by atoms with E-state index in [4.69, 9.17) is 0 Å². The summed E-state index contributed by atoms with van der Waals surface area (Å²) in [6.07, 6.45) is 0. The van der Waals surface area contributed by atoms with Gasteiger partial charge in [0.05, 0.1) is 11.1 Å². The van der Waals surface area contributed by atoms with E-state index in [0.717, 1.165) is 11.1 Å². The molecule has 3 rings (SSSR count). The maximum absolute atomic E-state index is 14.5. The molecule has 2 nitrogen and oxygen atoms in total. The van der Waals surface area contributed by atoms with Gasteiger partial charge in [0.25, 0.3) is 0 Å². The van der Waals surface area contributed by atoms with Crippen molar-refractivity contribution in [2.24, 2.45) is 0 Å². The van der Waals surface area contributed by atoms with Gasteiger partial charge in [-0.25, -0.2) is 8.78 Å². The predicted octanol–water partition coefficient (Wildman–Crippen LogP) is 5.66. The molecule has 28 heavy (non-hydrogen) atoms. The van der Waals surface area contributed by atoms with Crippen molar-refractivity contribution in [2.75, 3.05) is 0 Å². The van der Waals surface area contributed by atoms with Gasteiger partial charge in [-0.3, -0.25) is 9.59 Å². The highest BCUT2D eigenvalue weighted by molar-refractivity contribution is 6.13. The molecule has 3 aromatic rings. The van der Waals surface area contributed by atoms with Crippen LogP contribution in [-0.4, -0.2) is 11.6 Å². The predicted molar refractivity (Wildman–Crippen MR) is 105 cm³/mol. The fourth-order valence-corrected chi connectivity index (χ4v) is 3.03. The second kappa shape index (κ2) is 7.47. The highest BCUT2D eigenvalue weighted by Crippen LogP contribution is 2.23. The molecule has 0 unspecified atom stereocenters. The molecule has 0 aliphatic carbocycles. The van der Waals surface area contributed by atoms with E-state index in [1.54, 1.807) is 45.9 Å². The summed E-state index contributed by atoms with van der Waals surface area (Å²) in [6.45, 7) is 6.77. The number of carbonyl (C=O) groups is 2. The average Bonchev–Trinajstić information content (AvgIpc) is 2.70. The molecular weight excluding hydrogens is 358 g/mol. The van der Waals surface area contributed by atoms with E-state index < -0.39 is 23.2 Å². The number of carbonyl (C=O) groups excluding carboxylic acids is 2. The lowest BCUT2D eigenvalue weighted by molar-refractivity contribution is 0.103. The first-order valence-electron chi connectivity index (χ1n) is 8.93. The van der Waals surface area contributed by atoms with Gasteiger partial charge in [0.1, 0.15) is 11.6 Å². The van der Waals surface area contributed by atoms with E-state index >= 15 is 0 Å². The molecule has 4 heteroatoms. The van der Waals surface area contributed by atoms with Crippen molar-refractivity contribution in [3.63, 3.8) is 0 Å². The lowest BCUT2D eigenvalue weighted by atomic mass is 9.94. The molecule has 0 heterocycles. The van der Waals surface area contributed by atoms with Gasteiger partial charge >= 0.3 is 0 Å². The number of hydrogen-bond acceptors (Lipinski definition) is 2. The minimum absolute atomic E-state index is 0.0509. The summed E-state index contributed by atoms with van der Waals surface area (Å²) in [6, 6.07) is 12.2. The Labute approximate surface area is 162 Å². The molecule has 0 amide bonds. The normalized spacial score (nSPS) is 10.8. The van der Waals surface area contributed by atoms with Crippen LogP contribution in [0.4, 0.5) is 8.78 Å². The summed E-state index contributed by atoms with van der Waals surface area (Å²) in [5.41, 5.74) is 2.58. The molecule has 0 fully saturated rings. The molecular formula is C24H20F2O2. The molecule has 0 saturated carbocycles. The lowest BCUT2D eigenvalue weighted by Gasteiger charge is -2.10. The fraction of sp³-hybridized carbons (Fsp3) is 0.167. The first kappa shape index (κ1) is 19.6. The summed E-state index contributed by atoms with van der Waals surface area (Å²) in [5.74, 6) is -2.17. The molecule has 0 bridgehead atoms. The molecule has 0 spiro atoms. The van der Waals surface area contributed by atoms with E-state index in [0.29, 0.717) is 11.1 Å². The number of aryl methyl sites for hydroxylation is 2. The summed E-state index contributed by atoms with van der Waals surface area (Å²) in [4.78, 5) is 25.6. The van der Waals surface area contributed by atoms with Gasteiger partial charge in [-0.05, 0) is 68.1 Å². The maximum Gasteiger partial charge on any atom is 0.196 e. The number of halogens is 2. The van der Waals surface area contributed by atoms with Crippen LogP contribution in [0.15, 0.2) is 48.5 Å². The Hall–Kier alpha value is -3.14. The van der Waals surface area contributed by atoms with Gasteiger partial charge < -0.3 is 0 Å². The molecule has 0 radical (unpaired) electrons. The van der Waals surface area contributed by atoms with Crippen LogP contribution < -0.4 is 0 Å². The second-order valence-electron chi connectivity index (χ2n) is 6.98. The van der Waals surface area contributed by atoms with Gasteiger partial charge in [0, 0.05) is 11.1 Å². The van der Waals surface area contributed by atoms with Crippen LogP contribution in [0.3, 0.4) is 0 Å². The lowest BCUT2D eigenvalue weighted by Crippen LogP contribution is -2.10. The van der Waals surface area contributed by atoms with E-state index in [1.807, 2.05) is 0 Å². The molecule has 0 aliphatic heterocycles. The Morgan fingerprint density at radius 1 is 0.643 bits per heavy atom. The number of benzene rings is 3. The van der Waals surface area contributed by atoms with Crippen LogP contribution in [0.5, 0.6) is 0 Å². The van der Waals surface area contributed by atoms with E-state index in [2.05, 4.69) is 0 Å². The number of hydrogen-bond donors (Lipinski definition) is 0. The monoisotopic (exact) mass is 378 g/mol. The van der Waals surface area contributed by atoms with Crippen LogP contribution in [0, 0.1) is 39.3 Å². The van der Waals surface area contributed by atoms with E-state index in [1.165, 1.54) is 30.3 Å². The first-order chi connectivity index (χ1) is 13.2. The number of rotatable bonds is 4. The quantitative estimate of drug-likeness (QED) is 0.549. The van der Waals surface area contributed by atoms with Crippen molar-refractivity contribution < 1.29 is 18.4 Å². The minimum Gasteiger partial charge on any atom is -0.288 e. The third kappa shape index (κ3) is 3.38. The Kier molecular flexibility index (Phi) is 5.23. The van der Waals surface area contributed by atoms with Crippen LogP contribution >= 0.6 is 0 Å². The van der Waals surface area contributed by atoms with Gasteiger partial charge in [-0.15, -0.1) is 0 Å². The molecule has 3 aromatic carbocycles. The van der Waals surface area contributed by atoms with Crippen molar-refractivity contribution in [3.05, 3.63) is 105 Å². The average molecular weight is 378 g/mol. The SMILES string of the molecule is Cc1ccc(C(=O)c2cccc(C(=O)c3ccc(C)c(C)c3F)c2)c(F)c1C. The Morgan fingerprint density at radius 3 is 1.43 bits per heavy atom. The van der Waals surface area contributed by atoms with Crippen molar-refractivity contribution in [1.82, 2.24) is 0 Å². The Balaban J connectivity index is 2.01. The molecule has 0 saturated heterocycles. The van der Waals surface area contributed by atoms with Crippen LogP contribution in [-0.2, 0) is 0 Å².